The zero-order valence-electron chi connectivity index (χ0n) is 11.1. The molecule has 0 saturated heterocycles. The first kappa shape index (κ1) is 14.7. The van der Waals surface area contributed by atoms with Gasteiger partial charge in [-0.25, -0.2) is 0 Å². The van der Waals surface area contributed by atoms with Gasteiger partial charge in [0.05, 0.1) is 18.9 Å². The highest BCUT2D eigenvalue weighted by Crippen LogP contribution is 2.05. The van der Waals surface area contributed by atoms with Gasteiger partial charge >= 0.3 is 0 Å². The van der Waals surface area contributed by atoms with Crippen molar-refractivity contribution >= 4 is 5.91 Å². The molecule has 3 N–H and O–H groups in total. The van der Waals surface area contributed by atoms with E-state index in [0.717, 1.165) is 12.1 Å². The average Bonchev–Trinajstić information content (AvgIpc) is 2.81. The zero-order chi connectivity index (χ0) is 13.4. The first-order valence-electron chi connectivity index (χ1n) is 6.35. The summed E-state index contributed by atoms with van der Waals surface area (Å²) in [4.78, 5) is 11.9. The van der Waals surface area contributed by atoms with Gasteiger partial charge in [0.25, 0.3) is 5.91 Å². The van der Waals surface area contributed by atoms with Crippen LogP contribution in [0.25, 0.3) is 0 Å². The molecule has 1 aromatic rings. The van der Waals surface area contributed by atoms with Crippen LogP contribution in [0.4, 0.5) is 0 Å². The number of nitrogens with zero attached hydrogens (tertiary/aromatic N) is 2. The van der Waals surface area contributed by atoms with E-state index >= 15 is 0 Å². The maximum absolute atomic E-state index is 11.9. The Morgan fingerprint density at radius 1 is 1.50 bits per heavy atom. The Morgan fingerprint density at radius 2 is 2.28 bits per heavy atom. The van der Waals surface area contributed by atoms with Crippen molar-refractivity contribution in [2.75, 3.05) is 26.3 Å². The molecule has 0 aliphatic rings. The molecule has 0 atom stereocenters. The Morgan fingerprint density at radius 3 is 2.89 bits per heavy atom. The second-order valence-corrected chi connectivity index (χ2v) is 3.85. The number of carbonyl (C=O) groups is 1. The summed E-state index contributed by atoms with van der Waals surface area (Å²) < 4.78 is 6.91. The van der Waals surface area contributed by atoms with Crippen molar-refractivity contribution in [1.29, 1.82) is 0 Å². The molecule has 0 bridgehead atoms. The molecule has 1 amide bonds. The van der Waals surface area contributed by atoms with E-state index in [1.165, 1.54) is 0 Å². The lowest BCUT2D eigenvalue weighted by Crippen LogP contribution is -2.29. The van der Waals surface area contributed by atoms with Crippen LogP contribution in [0.1, 0.15) is 30.0 Å². The second-order valence-electron chi connectivity index (χ2n) is 3.85. The highest BCUT2D eigenvalue weighted by molar-refractivity contribution is 5.92. The number of aromatic nitrogens is 2. The number of hydrogen-bond acceptors (Lipinski definition) is 4. The zero-order valence-corrected chi connectivity index (χ0v) is 11.1. The molecule has 102 valence electrons. The highest BCUT2D eigenvalue weighted by Gasteiger charge is 2.13. The molecule has 6 heteroatoms. The van der Waals surface area contributed by atoms with Crippen molar-refractivity contribution in [1.82, 2.24) is 15.1 Å². The lowest BCUT2D eigenvalue weighted by molar-refractivity contribution is 0.0909. The van der Waals surface area contributed by atoms with E-state index < -0.39 is 0 Å². The van der Waals surface area contributed by atoms with Gasteiger partial charge in [0.15, 0.2) is 0 Å². The van der Waals surface area contributed by atoms with Crippen LogP contribution in [-0.2, 0) is 17.7 Å². The molecular formula is C12H22N4O2. The molecule has 0 aromatic carbocycles. The smallest absolute Gasteiger partial charge is 0.269 e. The number of hydrogen-bond donors (Lipinski definition) is 2. The van der Waals surface area contributed by atoms with Crippen LogP contribution in [0.2, 0.25) is 0 Å². The normalized spacial score (nSPS) is 10.6. The van der Waals surface area contributed by atoms with Crippen LogP contribution in [0.5, 0.6) is 0 Å². The Bertz CT molecular complexity index is 376. The summed E-state index contributed by atoms with van der Waals surface area (Å²) in [6, 6.07) is 1.83. The monoisotopic (exact) mass is 254 g/mol. The quantitative estimate of drug-likeness (QED) is 0.648. The maximum atomic E-state index is 11.9. The van der Waals surface area contributed by atoms with Crippen molar-refractivity contribution in [2.24, 2.45) is 5.73 Å². The molecule has 0 fully saturated rings. The van der Waals surface area contributed by atoms with E-state index in [9.17, 15) is 4.79 Å². The predicted octanol–water partition coefficient (Wildman–Crippen LogP) is 0.171. The summed E-state index contributed by atoms with van der Waals surface area (Å²) in [7, 11) is 0. The Hall–Kier alpha value is -1.40. The van der Waals surface area contributed by atoms with Crippen LogP contribution in [0.3, 0.4) is 0 Å². The molecule has 0 spiro atoms. The minimum atomic E-state index is -0.111. The fourth-order valence-corrected chi connectivity index (χ4v) is 1.58. The largest absolute Gasteiger partial charge is 0.378 e. The van der Waals surface area contributed by atoms with Crippen LogP contribution >= 0.6 is 0 Å². The van der Waals surface area contributed by atoms with Gasteiger partial charge in [0.1, 0.15) is 5.69 Å². The summed E-state index contributed by atoms with van der Waals surface area (Å²) in [6.07, 6.45) is 0.826. The number of nitrogens with one attached hydrogen (secondary N) is 1. The second kappa shape index (κ2) is 7.84. The van der Waals surface area contributed by atoms with E-state index in [-0.39, 0.29) is 5.91 Å². The molecule has 1 rings (SSSR count). The predicted molar refractivity (Wildman–Crippen MR) is 69.5 cm³/mol. The number of amides is 1. The van der Waals surface area contributed by atoms with Gasteiger partial charge in [-0.1, -0.05) is 6.92 Å². The Kier molecular flexibility index (Phi) is 6.38. The molecule has 1 aromatic heterocycles. The lowest BCUT2D eigenvalue weighted by atomic mass is 10.3. The van der Waals surface area contributed by atoms with Gasteiger partial charge < -0.3 is 15.8 Å². The van der Waals surface area contributed by atoms with E-state index in [2.05, 4.69) is 10.4 Å². The fraction of sp³-hybridized carbons (Fsp3) is 0.667. The minimum absolute atomic E-state index is 0.111. The van der Waals surface area contributed by atoms with Gasteiger partial charge in [-0.05, 0) is 19.4 Å². The van der Waals surface area contributed by atoms with Crippen molar-refractivity contribution in [2.45, 2.75) is 26.8 Å². The van der Waals surface area contributed by atoms with Gasteiger partial charge in [-0.15, -0.1) is 0 Å². The van der Waals surface area contributed by atoms with Crippen LogP contribution in [0, 0.1) is 0 Å². The highest BCUT2D eigenvalue weighted by atomic mass is 16.5. The van der Waals surface area contributed by atoms with E-state index in [1.54, 1.807) is 4.68 Å². The lowest BCUT2D eigenvalue weighted by Gasteiger charge is -2.06. The van der Waals surface area contributed by atoms with Gasteiger partial charge in [0, 0.05) is 19.6 Å². The summed E-state index contributed by atoms with van der Waals surface area (Å²) in [5.74, 6) is -0.111. The van der Waals surface area contributed by atoms with Crippen molar-refractivity contribution in [3.8, 4) is 0 Å². The van der Waals surface area contributed by atoms with Crippen LogP contribution < -0.4 is 11.1 Å². The minimum Gasteiger partial charge on any atom is -0.378 e. The number of rotatable bonds is 8. The summed E-state index contributed by atoms with van der Waals surface area (Å²) in [5, 5.41) is 7.14. The molecule has 6 nitrogen and oxygen atoms in total. The number of ether oxygens (including phenoxy) is 1. The van der Waals surface area contributed by atoms with E-state index in [4.69, 9.17) is 10.5 Å². The van der Waals surface area contributed by atoms with Gasteiger partial charge in [-0.2, -0.15) is 5.10 Å². The third-order valence-corrected chi connectivity index (χ3v) is 2.52. The molecule has 0 unspecified atom stereocenters. The first-order chi connectivity index (χ1) is 8.72. The van der Waals surface area contributed by atoms with Crippen LogP contribution in [0.15, 0.2) is 6.07 Å². The van der Waals surface area contributed by atoms with Crippen molar-refractivity contribution < 1.29 is 9.53 Å². The van der Waals surface area contributed by atoms with Crippen molar-refractivity contribution in [3.05, 3.63) is 17.5 Å². The Balaban J connectivity index is 2.47. The topological polar surface area (TPSA) is 82.2 Å². The molecule has 1 heterocycles. The molecule has 18 heavy (non-hydrogen) atoms. The standard InChI is InChI=1S/C12H22N4O2/c1-3-10-9-11(16(4-2)15-10)12(17)14-6-8-18-7-5-13/h9H,3-8,13H2,1-2H3,(H,14,17). The number of nitrogens with two attached hydrogens (primary N) is 1. The number of carbonyl (C=O) groups excluding carboxylic acids is 1. The third kappa shape index (κ3) is 4.12. The fourth-order valence-electron chi connectivity index (χ4n) is 1.58. The van der Waals surface area contributed by atoms with E-state index in [1.807, 2.05) is 19.9 Å². The van der Waals surface area contributed by atoms with Gasteiger partial charge in [0.2, 0.25) is 0 Å². The molecule has 0 aliphatic carbocycles. The molecule has 0 radical (unpaired) electrons. The first-order valence-corrected chi connectivity index (χ1v) is 6.35. The summed E-state index contributed by atoms with van der Waals surface area (Å²) in [5.41, 5.74) is 6.83. The number of aryl methyl sites for hydroxylation is 2. The van der Waals surface area contributed by atoms with E-state index in [0.29, 0.717) is 38.5 Å². The third-order valence-electron chi connectivity index (χ3n) is 2.52. The van der Waals surface area contributed by atoms with Gasteiger partial charge in [-0.3, -0.25) is 9.48 Å². The molecular weight excluding hydrogens is 232 g/mol. The Labute approximate surface area is 107 Å². The van der Waals surface area contributed by atoms with Crippen molar-refractivity contribution in [3.63, 3.8) is 0 Å². The molecule has 0 aliphatic heterocycles. The van der Waals surface area contributed by atoms with Crippen LogP contribution in [-0.4, -0.2) is 42.0 Å². The summed E-state index contributed by atoms with van der Waals surface area (Å²) >= 11 is 0. The SMILES string of the molecule is CCc1cc(C(=O)NCCOCCN)n(CC)n1. The summed E-state index contributed by atoms with van der Waals surface area (Å²) in [6.45, 7) is 6.64. The average molecular weight is 254 g/mol. The maximum Gasteiger partial charge on any atom is 0.269 e. The molecule has 0 saturated carbocycles.